The van der Waals surface area contributed by atoms with E-state index in [0.29, 0.717) is 0 Å². The van der Waals surface area contributed by atoms with Crippen molar-refractivity contribution in [2.45, 2.75) is 38.5 Å². The lowest BCUT2D eigenvalue weighted by atomic mass is 10.0. The number of aliphatic hydroxyl groups excluding tert-OH is 3. The van der Waals surface area contributed by atoms with E-state index in [4.69, 9.17) is 34.6 Å². The molecule has 0 aliphatic carbocycles. The summed E-state index contributed by atoms with van der Waals surface area (Å²) >= 11 is 0. The van der Waals surface area contributed by atoms with Crippen LogP contribution in [0.25, 0.3) is 0 Å². The molecule has 0 saturated heterocycles. The highest BCUT2D eigenvalue weighted by Gasteiger charge is 2.04. The zero-order valence-electron chi connectivity index (χ0n) is 10.5. The molecule has 0 unspecified atom stereocenters. The maximum atomic E-state index is 8.88. The van der Waals surface area contributed by atoms with Crippen molar-refractivity contribution in [3.8, 4) is 0 Å². The van der Waals surface area contributed by atoms with Crippen molar-refractivity contribution in [2.24, 2.45) is 5.92 Å². The predicted molar refractivity (Wildman–Crippen MR) is 66.7 cm³/mol. The topological polar surface area (TPSA) is 138 Å². The molecule has 6 N–H and O–H groups in total. The van der Waals surface area contributed by atoms with Gasteiger partial charge >= 0.3 is 7.82 Å². The van der Waals surface area contributed by atoms with E-state index in [1.165, 1.54) is 0 Å². The van der Waals surface area contributed by atoms with E-state index in [2.05, 4.69) is 0 Å². The first-order chi connectivity index (χ1) is 8.35. The fourth-order valence-corrected chi connectivity index (χ4v) is 1.32. The Kier molecular flexibility index (Phi) is 15.1. The van der Waals surface area contributed by atoms with Crippen molar-refractivity contribution in [3.63, 3.8) is 0 Å². The Labute approximate surface area is 107 Å². The van der Waals surface area contributed by atoms with Gasteiger partial charge in [-0.25, -0.2) is 4.57 Å². The average molecular weight is 288 g/mol. The van der Waals surface area contributed by atoms with E-state index in [0.717, 1.165) is 38.5 Å². The molecule has 0 atom stereocenters. The van der Waals surface area contributed by atoms with Crippen molar-refractivity contribution in [3.05, 3.63) is 0 Å². The zero-order valence-corrected chi connectivity index (χ0v) is 11.4. The molecule has 0 aromatic heterocycles. The van der Waals surface area contributed by atoms with Crippen LogP contribution in [0, 0.1) is 5.92 Å². The molecule has 18 heavy (non-hydrogen) atoms. The first-order valence-electron chi connectivity index (χ1n) is 5.96. The van der Waals surface area contributed by atoms with Crippen LogP contribution in [-0.4, -0.2) is 49.8 Å². The van der Waals surface area contributed by atoms with Gasteiger partial charge < -0.3 is 30.0 Å². The van der Waals surface area contributed by atoms with E-state index in [1.807, 2.05) is 0 Å². The molecule has 0 bridgehead atoms. The van der Waals surface area contributed by atoms with Crippen LogP contribution in [-0.2, 0) is 4.57 Å². The van der Waals surface area contributed by atoms with E-state index >= 15 is 0 Å². The molecule has 0 heterocycles. The van der Waals surface area contributed by atoms with Gasteiger partial charge in [-0.2, -0.15) is 0 Å². The molecule has 0 amide bonds. The number of hydrogen-bond acceptors (Lipinski definition) is 4. The molecular weight excluding hydrogens is 263 g/mol. The van der Waals surface area contributed by atoms with Gasteiger partial charge in [0, 0.05) is 25.7 Å². The van der Waals surface area contributed by atoms with Crippen molar-refractivity contribution < 1.29 is 34.6 Å². The van der Waals surface area contributed by atoms with Gasteiger partial charge in [-0.15, -0.1) is 0 Å². The lowest BCUT2D eigenvalue weighted by Gasteiger charge is -2.09. The van der Waals surface area contributed by atoms with Gasteiger partial charge in [-0.1, -0.05) is 25.7 Å². The van der Waals surface area contributed by atoms with Crippen LogP contribution in [0.1, 0.15) is 38.5 Å². The van der Waals surface area contributed by atoms with Crippen LogP contribution in [0.5, 0.6) is 0 Å². The van der Waals surface area contributed by atoms with Gasteiger partial charge in [0.2, 0.25) is 0 Å². The van der Waals surface area contributed by atoms with Crippen LogP contribution in [0.4, 0.5) is 0 Å². The molecule has 112 valence electrons. The van der Waals surface area contributed by atoms with Crippen LogP contribution < -0.4 is 0 Å². The Balaban J connectivity index is 0. The average Bonchev–Trinajstić information content (AvgIpc) is 2.26. The van der Waals surface area contributed by atoms with Crippen LogP contribution >= 0.6 is 7.82 Å². The summed E-state index contributed by atoms with van der Waals surface area (Å²) in [4.78, 5) is 21.6. The second kappa shape index (κ2) is 13.4. The van der Waals surface area contributed by atoms with Gasteiger partial charge in [0.05, 0.1) is 0 Å². The maximum Gasteiger partial charge on any atom is 0.466 e. The van der Waals surface area contributed by atoms with Crippen LogP contribution in [0.2, 0.25) is 0 Å². The number of hydrogen-bond donors (Lipinski definition) is 6. The third-order valence-electron chi connectivity index (χ3n) is 2.29. The zero-order chi connectivity index (χ0) is 14.4. The van der Waals surface area contributed by atoms with Crippen molar-refractivity contribution in [1.82, 2.24) is 0 Å². The molecule has 0 fully saturated rings. The van der Waals surface area contributed by atoms with Gasteiger partial charge in [-0.05, 0) is 12.8 Å². The molecular formula is C10H25O7P. The van der Waals surface area contributed by atoms with E-state index in [1.54, 1.807) is 0 Å². The number of rotatable bonds is 9. The smallest absolute Gasteiger partial charge is 0.396 e. The molecule has 0 rings (SSSR count). The van der Waals surface area contributed by atoms with Crippen LogP contribution in [0.3, 0.4) is 0 Å². The second-order valence-electron chi connectivity index (χ2n) is 4.02. The van der Waals surface area contributed by atoms with Gasteiger partial charge in [0.25, 0.3) is 0 Å². The summed E-state index contributed by atoms with van der Waals surface area (Å²) < 4.78 is 8.88. The van der Waals surface area contributed by atoms with Crippen molar-refractivity contribution in [1.29, 1.82) is 0 Å². The Bertz CT molecular complexity index is 194. The summed E-state index contributed by atoms with van der Waals surface area (Å²) in [6.45, 7) is 0.468. The SMILES string of the molecule is O=P(O)(O)O.OCCCCCCCC(CO)CO. The highest BCUT2D eigenvalue weighted by atomic mass is 31.2. The van der Waals surface area contributed by atoms with Gasteiger partial charge in [-0.3, -0.25) is 0 Å². The van der Waals surface area contributed by atoms with Crippen molar-refractivity contribution >= 4 is 7.82 Å². The molecule has 0 saturated carbocycles. The number of phosphoric acid groups is 1. The first kappa shape index (κ1) is 20.3. The van der Waals surface area contributed by atoms with E-state index in [-0.39, 0.29) is 25.7 Å². The summed E-state index contributed by atoms with van der Waals surface area (Å²) in [5, 5.41) is 26.1. The lowest BCUT2D eigenvalue weighted by Crippen LogP contribution is -2.10. The van der Waals surface area contributed by atoms with Gasteiger partial charge in [0.15, 0.2) is 0 Å². The minimum Gasteiger partial charge on any atom is -0.396 e. The minimum atomic E-state index is -4.64. The molecule has 0 aliphatic rings. The second-order valence-corrected chi connectivity index (χ2v) is 5.05. The Morgan fingerprint density at radius 2 is 1.17 bits per heavy atom. The summed E-state index contributed by atoms with van der Waals surface area (Å²) in [6, 6.07) is 0. The fraction of sp³-hybridized carbons (Fsp3) is 1.00. The summed E-state index contributed by atoms with van der Waals surface area (Å²) in [5.41, 5.74) is 0. The summed E-state index contributed by atoms with van der Waals surface area (Å²) in [6.07, 6.45) is 6.23. The van der Waals surface area contributed by atoms with Gasteiger partial charge in [0.1, 0.15) is 0 Å². The molecule has 7 nitrogen and oxygen atoms in total. The Morgan fingerprint density at radius 1 is 0.778 bits per heavy atom. The third-order valence-corrected chi connectivity index (χ3v) is 2.29. The monoisotopic (exact) mass is 288 g/mol. The molecule has 0 aromatic carbocycles. The lowest BCUT2D eigenvalue weighted by molar-refractivity contribution is 0.141. The Morgan fingerprint density at radius 3 is 1.56 bits per heavy atom. The minimum absolute atomic E-state index is 0.0674. The standard InChI is InChI=1S/C10H22O3.H3O4P/c11-7-5-3-1-2-4-6-10(8-12)9-13;1-5(2,3)4/h10-13H,1-9H2;(H3,1,2,3,4). The highest BCUT2D eigenvalue weighted by molar-refractivity contribution is 7.45. The molecule has 8 heteroatoms. The Hall–Kier alpha value is -0.0100. The summed E-state index contributed by atoms with van der Waals surface area (Å²) in [5.74, 6) is 0.0674. The molecule has 0 aromatic rings. The number of unbranched alkanes of at least 4 members (excludes halogenated alkanes) is 4. The molecule has 0 aliphatic heterocycles. The van der Waals surface area contributed by atoms with E-state index < -0.39 is 7.82 Å². The third kappa shape index (κ3) is 25.0. The maximum absolute atomic E-state index is 8.88. The highest BCUT2D eigenvalue weighted by Crippen LogP contribution is 2.25. The van der Waals surface area contributed by atoms with Crippen LogP contribution in [0.15, 0.2) is 0 Å². The summed E-state index contributed by atoms with van der Waals surface area (Å²) in [7, 11) is -4.64. The predicted octanol–water partition coefficient (Wildman–Crippen LogP) is -0.00850. The fourth-order valence-electron chi connectivity index (χ4n) is 1.32. The number of aliphatic hydroxyl groups is 3. The van der Waals surface area contributed by atoms with E-state index in [9.17, 15) is 0 Å². The molecule has 0 spiro atoms. The quantitative estimate of drug-likeness (QED) is 0.259. The largest absolute Gasteiger partial charge is 0.466 e. The first-order valence-corrected chi connectivity index (χ1v) is 7.52. The molecule has 0 radical (unpaired) electrons. The van der Waals surface area contributed by atoms with Crippen molar-refractivity contribution in [2.75, 3.05) is 19.8 Å². The normalized spacial score (nSPS) is 11.3.